The molecule has 2 N–H and O–H groups in total. The molecule has 0 aliphatic carbocycles. The third kappa shape index (κ3) is 15.4. The van der Waals surface area contributed by atoms with E-state index < -0.39 is 0 Å². The zero-order valence-electron chi connectivity index (χ0n) is 12.8. The van der Waals surface area contributed by atoms with Gasteiger partial charge in [-0.3, -0.25) is 4.79 Å². The summed E-state index contributed by atoms with van der Waals surface area (Å²) in [5.41, 5.74) is 0. The summed E-state index contributed by atoms with van der Waals surface area (Å²) in [5, 5.41) is 11.2. The Kier molecular flexibility index (Phi) is 15.0. The molecule has 0 spiro atoms. The quantitative estimate of drug-likeness (QED) is 0.594. The van der Waals surface area contributed by atoms with Gasteiger partial charge in [0.1, 0.15) is 0 Å². The minimum absolute atomic E-state index is 0.204. The van der Waals surface area contributed by atoms with Gasteiger partial charge in [0.05, 0.1) is 0 Å². The number of hydrogen-bond donors (Lipinski definition) is 2. The number of nitrogens with one attached hydrogen (secondary N) is 1. The topological polar surface area (TPSA) is 49.3 Å². The first-order valence-corrected chi connectivity index (χ1v) is 8.18. The molecule has 0 aromatic carbocycles. The standard InChI is InChI=1S/C12H26O.C4H7NO/c1-2-3-4-5-6-7-8-9-10-11-12-13;6-4-2-1-3-5-4/h13H,2-12H2,1H3;1-3H2,(H,5,6). The number of unbranched alkanes of at least 4 members (excludes halogenated alkanes) is 9. The SMILES string of the molecule is CCCCCCCCCCCCO.O=C1CCCN1. The van der Waals surface area contributed by atoms with E-state index in [0.29, 0.717) is 6.61 Å². The molecule has 0 aromatic rings. The van der Waals surface area contributed by atoms with E-state index in [9.17, 15) is 4.79 Å². The van der Waals surface area contributed by atoms with Crippen LogP contribution in [0.2, 0.25) is 0 Å². The molecular formula is C16H33NO2. The fraction of sp³-hybridized carbons (Fsp3) is 0.938. The predicted octanol–water partition coefficient (Wildman–Crippen LogP) is 3.80. The molecule has 1 aliphatic heterocycles. The van der Waals surface area contributed by atoms with Crippen LogP contribution in [0.15, 0.2) is 0 Å². The number of hydrogen-bond acceptors (Lipinski definition) is 2. The smallest absolute Gasteiger partial charge is 0.220 e. The Hall–Kier alpha value is -0.570. The molecule has 3 heteroatoms. The Morgan fingerprint density at radius 1 is 0.947 bits per heavy atom. The lowest BCUT2D eigenvalue weighted by atomic mass is 10.1. The van der Waals surface area contributed by atoms with Crippen LogP contribution in [0.4, 0.5) is 0 Å². The molecule has 1 heterocycles. The number of aliphatic hydroxyl groups excluding tert-OH is 1. The van der Waals surface area contributed by atoms with E-state index in [-0.39, 0.29) is 5.91 Å². The minimum atomic E-state index is 0.204. The Labute approximate surface area is 119 Å². The maximum atomic E-state index is 10.1. The molecule has 1 amide bonds. The van der Waals surface area contributed by atoms with Crippen LogP contribution >= 0.6 is 0 Å². The summed E-state index contributed by atoms with van der Waals surface area (Å²) in [6, 6.07) is 0. The highest BCUT2D eigenvalue weighted by Gasteiger charge is 2.05. The molecule has 1 saturated heterocycles. The van der Waals surface area contributed by atoms with Gasteiger partial charge in [0, 0.05) is 19.6 Å². The minimum Gasteiger partial charge on any atom is -0.396 e. The van der Waals surface area contributed by atoms with Crippen molar-refractivity contribution in [1.82, 2.24) is 5.32 Å². The van der Waals surface area contributed by atoms with Gasteiger partial charge < -0.3 is 10.4 Å². The van der Waals surface area contributed by atoms with E-state index >= 15 is 0 Å². The van der Waals surface area contributed by atoms with Crippen molar-refractivity contribution in [2.24, 2.45) is 0 Å². The average molecular weight is 271 g/mol. The normalized spacial score (nSPS) is 13.9. The predicted molar refractivity (Wildman–Crippen MR) is 81.2 cm³/mol. The van der Waals surface area contributed by atoms with E-state index in [1.54, 1.807) is 0 Å². The van der Waals surface area contributed by atoms with Gasteiger partial charge in [0.15, 0.2) is 0 Å². The Balaban J connectivity index is 0.000000443. The lowest BCUT2D eigenvalue weighted by Crippen LogP contribution is -2.12. The molecule has 0 saturated carbocycles. The van der Waals surface area contributed by atoms with Crippen LogP contribution < -0.4 is 5.32 Å². The van der Waals surface area contributed by atoms with E-state index in [4.69, 9.17) is 5.11 Å². The van der Waals surface area contributed by atoms with Crippen molar-refractivity contribution in [2.75, 3.05) is 13.2 Å². The van der Waals surface area contributed by atoms with Gasteiger partial charge in [-0.1, -0.05) is 64.7 Å². The molecule has 0 radical (unpaired) electrons. The molecule has 0 atom stereocenters. The van der Waals surface area contributed by atoms with Crippen LogP contribution in [-0.2, 0) is 4.79 Å². The van der Waals surface area contributed by atoms with E-state index in [0.717, 1.165) is 25.8 Å². The summed E-state index contributed by atoms with van der Waals surface area (Å²) in [7, 11) is 0. The fourth-order valence-corrected chi connectivity index (χ4v) is 2.16. The molecular weight excluding hydrogens is 238 g/mol. The van der Waals surface area contributed by atoms with E-state index in [1.807, 2.05) is 0 Å². The third-order valence-corrected chi connectivity index (χ3v) is 3.41. The highest BCUT2D eigenvalue weighted by molar-refractivity contribution is 5.77. The van der Waals surface area contributed by atoms with Crippen molar-refractivity contribution in [2.45, 2.75) is 84.0 Å². The third-order valence-electron chi connectivity index (χ3n) is 3.41. The zero-order valence-corrected chi connectivity index (χ0v) is 12.8. The van der Waals surface area contributed by atoms with Crippen molar-refractivity contribution < 1.29 is 9.90 Å². The van der Waals surface area contributed by atoms with Crippen LogP contribution in [-0.4, -0.2) is 24.2 Å². The Bertz CT molecular complexity index is 177. The second-order valence-corrected chi connectivity index (χ2v) is 5.36. The molecule has 3 nitrogen and oxygen atoms in total. The summed E-state index contributed by atoms with van der Waals surface area (Å²) >= 11 is 0. The summed E-state index contributed by atoms with van der Waals surface area (Å²) in [6.07, 6.45) is 15.1. The van der Waals surface area contributed by atoms with Gasteiger partial charge in [0.25, 0.3) is 0 Å². The fourth-order valence-electron chi connectivity index (χ4n) is 2.16. The van der Waals surface area contributed by atoms with Crippen molar-refractivity contribution in [3.8, 4) is 0 Å². The molecule has 19 heavy (non-hydrogen) atoms. The van der Waals surface area contributed by atoms with Crippen molar-refractivity contribution >= 4 is 5.91 Å². The molecule has 1 rings (SSSR count). The maximum absolute atomic E-state index is 10.1. The highest BCUT2D eigenvalue weighted by Crippen LogP contribution is 2.09. The molecule has 0 bridgehead atoms. The monoisotopic (exact) mass is 271 g/mol. The zero-order chi connectivity index (χ0) is 14.2. The van der Waals surface area contributed by atoms with E-state index in [1.165, 1.54) is 57.8 Å². The van der Waals surface area contributed by atoms with Gasteiger partial charge >= 0.3 is 0 Å². The van der Waals surface area contributed by atoms with Gasteiger partial charge in [-0.25, -0.2) is 0 Å². The molecule has 0 aromatic heterocycles. The number of carbonyl (C=O) groups is 1. The first-order valence-electron chi connectivity index (χ1n) is 8.18. The first-order chi connectivity index (χ1) is 9.31. The summed E-state index contributed by atoms with van der Waals surface area (Å²) in [5.74, 6) is 0.204. The summed E-state index contributed by atoms with van der Waals surface area (Å²) in [4.78, 5) is 10.1. The van der Waals surface area contributed by atoms with Crippen molar-refractivity contribution in [3.63, 3.8) is 0 Å². The average Bonchev–Trinajstić information content (AvgIpc) is 2.89. The molecule has 114 valence electrons. The lowest BCUT2D eigenvalue weighted by Gasteiger charge is -2.00. The van der Waals surface area contributed by atoms with Crippen molar-refractivity contribution in [3.05, 3.63) is 0 Å². The van der Waals surface area contributed by atoms with Gasteiger partial charge in [-0.2, -0.15) is 0 Å². The first kappa shape index (κ1) is 18.4. The molecule has 1 fully saturated rings. The number of carbonyl (C=O) groups excluding carboxylic acids is 1. The maximum Gasteiger partial charge on any atom is 0.220 e. The van der Waals surface area contributed by atoms with Crippen molar-refractivity contribution in [1.29, 1.82) is 0 Å². The second kappa shape index (κ2) is 15.5. The van der Waals surface area contributed by atoms with Gasteiger partial charge in [-0.15, -0.1) is 0 Å². The van der Waals surface area contributed by atoms with Crippen LogP contribution in [0, 0.1) is 0 Å². The van der Waals surface area contributed by atoms with Crippen LogP contribution in [0.3, 0.4) is 0 Å². The van der Waals surface area contributed by atoms with E-state index in [2.05, 4.69) is 12.2 Å². The second-order valence-electron chi connectivity index (χ2n) is 5.36. The largest absolute Gasteiger partial charge is 0.396 e. The lowest BCUT2D eigenvalue weighted by molar-refractivity contribution is -0.119. The Morgan fingerprint density at radius 3 is 1.79 bits per heavy atom. The number of amides is 1. The van der Waals surface area contributed by atoms with Crippen LogP contribution in [0.5, 0.6) is 0 Å². The van der Waals surface area contributed by atoms with Crippen LogP contribution in [0.25, 0.3) is 0 Å². The van der Waals surface area contributed by atoms with Crippen LogP contribution in [0.1, 0.15) is 84.0 Å². The highest BCUT2D eigenvalue weighted by atomic mass is 16.2. The molecule has 1 aliphatic rings. The van der Waals surface area contributed by atoms with Gasteiger partial charge in [0.2, 0.25) is 5.91 Å². The summed E-state index contributed by atoms with van der Waals surface area (Å²) < 4.78 is 0. The molecule has 0 unspecified atom stereocenters. The number of aliphatic hydroxyl groups is 1. The summed E-state index contributed by atoms with van der Waals surface area (Å²) in [6.45, 7) is 3.52. The Morgan fingerprint density at radius 2 is 1.47 bits per heavy atom. The number of rotatable bonds is 10. The van der Waals surface area contributed by atoms with Gasteiger partial charge in [-0.05, 0) is 12.8 Å².